The molecule has 0 saturated heterocycles. The first-order chi connectivity index (χ1) is 13.0. The molecule has 0 aliphatic rings. The Morgan fingerprint density at radius 1 is 1.15 bits per heavy atom. The Kier molecular flexibility index (Phi) is 5.86. The predicted molar refractivity (Wildman–Crippen MR) is 111 cm³/mol. The highest BCUT2D eigenvalue weighted by molar-refractivity contribution is 9.10. The van der Waals surface area contributed by atoms with Crippen molar-refractivity contribution in [1.29, 1.82) is 0 Å². The van der Waals surface area contributed by atoms with Crippen molar-refractivity contribution in [2.75, 3.05) is 5.32 Å². The smallest absolute Gasteiger partial charge is 0.254 e. The first-order valence-electron chi connectivity index (χ1n) is 8.70. The van der Waals surface area contributed by atoms with Crippen LogP contribution >= 0.6 is 15.9 Å². The fourth-order valence-electron chi connectivity index (χ4n) is 2.75. The second-order valence-corrected chi connectivity index (χ2v) is 7.10. The highest BCUT2D eigenvalue weighted by atomic mass is 79.9. The monoisotopic (exact) mass is 425 g/mol. The molecule has 1 aromatic heterocycles. The lowest BCUT2D eigenvalue weighted by Gasteiger charge is -2.14. The van der Waals surface area contributed by atoms with Gasteiger partial charge in [0.15, 0.2) is 0 Å². The van der Waals surface area contributed by atoms with Gasteiger partial charge in [-0.15, -0.1) is 0 Å². The fourth-order valence-corrected chi connectivity index (χ4v) is 3.34. The molecule has 1 N–H and O–H groups in total. The number of nitrogens with zero attached hydrogens (tertiary/aromatic N) is 2. The van der Waals surface area contributed by atoms with Crippen LogP contribution in [0.4, 0.5) is 5.69 Å². The van der Waals surface area contributed by atoms with Crippen molar-refractivity contribution in [3.8, 4) is 11.4 Å². The Bertz CT molecular complexity index is 1030. The van der Waals surface area contributed by atoms with E-state index in [2.05, 4.69) is 26.2 Å². The number of halogens is 1. The van der Waals surface area contributed by atoms with Gasteiger partial charge in [-0.1, -0.05) is 43.3 Å². The minimum atomic E-state index is -0.287. The van der Waals surface area contributed by atoms with Gasteiger partial charge in [0.2, 0.25) is 5.91 Å². The summed E-state index contributed by atoms with van der Waals surface area (Å²) in [6.45, 7) is 3.81. The van der Waals surface area contributed by atoms with Crippen LogP contribution < -0.4 is 10.9 Å². The van der Waals surface area contributed by atoms with Crippen molar-refractivity contribution < 1.29 is 4.79 Å². The Hall–Kier alpha value is -2.73. The maximum Gasteiger partial charge on any atom is 0.254 e. The van der Waals surface area contributed by atoms with E-state index in [9.17, 15) is 9.59 Å². The largest absolute Gasteiger partial charge is 0.324 e. The van der Waals surface area contributed by atoms with Crippen LogP contribution in [0.2, 0.25) is 0 Å². The molecule has 138 valence electrons. The molecule has 0 saturated carbocycles. The third kappa shape index (κ3) is 4.52. The minimum Gasteiger partial charge on any atom is -0.324 e. The summed E-state index contributed by atoms with van der Waals surface area (Å²) < 4.78 is 2.21. The van der Waals surface area contributed by atoms with Gasteiger partial charge in [-0.2, -0.15) is 0 Å². The maximum atomic E-state index is 12.6. The van der Waals surface area contributed by atoms with Crippen molar-refractivity contribution in [1.82, 2.24) is 9.55 Å². The number of aromatic nitrogens is 2. The molecule has 3 aromatic rings. The van der Waals surface area contributed by atoms with E-state index >= 15 is 0 Å². The van der Waals surface area contributed by atoms with Crippen LogP contribution in [0.25, 0.3) is 11.4 Å². The van der Waals surface area contributed by atoms with Crippen LogP contribution in [0.5, 0.6) is 0 Å². The van der Waals surface area contributed by atoms with E-state index in [-0.39, 0.29) is 18.0 Å². The molecule has 0 aliphatic heterocycles. The van der Waals surface area contributed by atoms with Crippen molar-refractivity contribution in [3.63, 3.8) is 0 Å². The Morgan fingerprint density at radius 3 is 2.56 bits per heavy atom. The van der Waals surface area contributed by atoms with Gasteiger partial charge < -0.3 is 5.32 Å². The predicted octanol–water partition coefficient (Wildman–Crippen LogP) is 4.18. The summed E-state index contributed by atoms with van der Waals surface area (Å²) in [6.07, 6.45) is 0.651. The molecule has 0 bridgehead atoms. The molecule has 1 amide bonds. The fraction of sp³-hybridized carbons (Fsp3) is 0.190. The summed E-state index contributed by atoms with van der Waals surface area (Å²) >= 11 is 3.45. The number of carbonyl (C=O) groups excluding carboxylic acids is 1. The standard InChI is InChI=1S/C21H20BrN3O2/c1-3-16-12-20(27)25(21(23-16)15-7-5-4-6-8-15)13-19(26)24-18-10-9-14(2)11-17(18)22/h4-12H,3,13H2,1-2H3,(H,24,26). The van der Waals surface area contributed by atoms with Crippen LogP contribution in [-0.4, -0.2) is 15.5 Å². The second kappa shape index (κ2) is 8.31. The third-order valence-electron chi connectivity index (χ3n) is 4.16. The Balaban J connectivity index is 1.94. The molecule has 0 radical (unpaired) electrons. The number of rotatable bonds is 5. The Morgan fingerprint density at radius 2 is 1.89 bits per heavy atom. The summed E-state index contributed by atoms with van der Waals surface area (Å²) in [4.78, 5) is 29.8. The molecular formula is C21H20BrN3O2. The number of benzene rings is 2. The molecule has 0 aliphatic carbocycles. The number of anilines is 1. The second-order valence-electron chi connectivity index (χ2n) is 6.25. The van der Waals surface area contributed by atoms with Crippen molar-refractivity contribution in [2.24, 2.45) is 0 Å². The van der Waals surface area contributed by atoms with Gasteiger partial charge in [0.25, 0.3) is 5.56 Å². The molecule has 0 atom stereocenters. The van der Waals surface area contributed by atoms with Crippen molar-refractivity contribution >= 4 is 27.5 Å². The molecule has 6 heteroatoms. The van der Waals surface area contributed by atoms with Gasteiger partial charge in [-0.3, -0.25) is 14.2 Å². The van der Waals surface area contributed by atoms with Crippen LogP contribution in [0.3, 0.4) is 0 Å². The molecule has 0 unspecified atom stereocenters. The van der Waals surface area contributed by atoms with Crippen molar-refractivity contribution in [3.05, 3.63) is 80.7 Å². The highest BCUT2D eigenvalue weighted by Gasteiger charge is 2.14. The third-order valence-corrected chi connectivity index (χ3v) is 4.81. The summed E-state index contributed by atoms with van der Waals surface area (Å²) in [5, 5.41) is 2.85. The van der Waals surface area contributed by atoms with Gasteiger partial charge in [-0.25, -0.2) is 4.98 Å². The number of aryl methyl sites for hydroxylation is 2. The lowest BCUT2D eigenvalue weighted by molar-refractivity contribution is -0.116. The zero-order valence-electron chi connectivity index (χ0n) is 15.2. The lowest BCUT2D eigenvalue weighted by atomic mass is 10.2. The highest BCUT2D eigenvalue weighted by Crippen LogP contribution is 2.23. The Labute approximate surface area is 166 Å². The normalized spacial score (nSPS) is 10.6. The van der Waals surface area contributed by atoms with Gasteiger partial charge in [-0.05, 0) is 47.0 Å². The average molecular weight is 426 g/mol. The lowest BCUT2D eigenvalue weighted by Crippen LogP contribution is -2.30. The minimum absolute atomic E-state index is 0.111. The van der Waals surface area contributed by atoms with E-state index < -0.39 is 0 Å². The number of nitrogens with one attached hydrogen (secondary N) is 1. The van der Waals surface area contributed by atoms with Gasteiger partial charge in [0.05, 0.1) is 5.69 Å². The van der Waals surface area contributed by atoms with Crippen molar-refractivity contribution in [2.45, 2.75) is 26.8 Å². The first kappa shape index (κ1) is 19.0. The molecule has 2 aromatic carbocycles. The topological polar surface area (TPSA) is 64.0 Å². The molecule has 5 nitrogen and oxygen atoms in total. The summed E-state index contributed by atoms with van der Waals surface area (Å²) in [5.41, 5.74) is 3.02. The van der Waals surface area contributed by atoms with E-state index in [0.717, 1.165) is 15.6 Å². The van der Waals surface area contributed by atoms with E-state index in [1.807, 2.05) is 62.4 Å². The van der Waals surface area contributed by atoms with Gasteiger partial charge in [0.1, 0.15) is 12.4 Å². The number of hydrogen-bond donors (Lipinski definition) is 1. The summed E-state index contributed by atoms with van der Waals surface area (Å²) in [5.74, 6) is 0.211. The zero-order chi connectivity index (χ0) is 19.4. The molecule has 3 rings (SSSR count). The maximum absolute atomic E-state index is 12.6. The first-order valence-corrected chi connectivity index (χ1v) is 9.49. The van der Waals surface area contributed by atoms with Crippen LogP contribution in [0.1, 0.15) is 18.2 Å². The molecule has 0 spiro atoms. The molecule has 27 heavy (non-hydrogen) atoms. The molecule has 1 heterocycles. The quantitative estimate of drug-likeness (QED) is 0.666. The van der Waals surface area contributed by atoms with E-state index in [1.54, 1.807) is 0 Å². The van der Waals surface area contributed by atoms with Gasteiger partial charge in [0, 0.05) is 21.8 Å². The van der Waals surface area contributed by atoms with Crippen LogP contribution in [-0.2, 0) is 17.8 Å². The number of hydrogen-bond acceptors (Lipinski definition) is 3. The molecular weight excluding hydrogens is 406 g/mol. The summed E-state index contributed by atoms with van der Waals surface area (Å²) in [6, 6.07) is 16.6. The average Bonchev–Trinajstić information content (AvgIpc) is 2.66. The number of amides is 1. The number of carbonyl (C=O) groups is 1. The SMILES string of the molecule is CCc1cc(=O)n(CC(=O)Nc2ccc(C)cc2Br)c(-c2ccccc2)n1. The zero-order valence-corrected chi connectivity index (χ0v) is 16.8. The summed E-state index contributed by atoms with van der Waals surface area (Å²) in [7, 11) is 0. The van der Waals surface area contributed by atoms with Crippen LogP contribution in [0, 0.1) is 6.92 Å². The van der Waals surface area contributed by atoms with Gasteiger partial charge >= 0.3 is 0 Å². The molecule has 0 fully saturated rings. The van der Waals surface area contributed by atoms with E-state index in [1.165, 1.54) is 10.6 Å². The van der Waals surface area contributed by atoms with Crippen LogP contribution in [0.15, 0.2) is 63.9 Å². The van der Waals surface area contributed by atoms with E-state index in [4.69, 9.17) is 0 Å². The van der Waals surface area contributed by atoms with E-state index in [0.29, 0.717) is 23.6 Å².